The van der Waals surface area contributed by atoms with Crippen molar-refractivity contribution < 1.29 is 24.2 Å². The lowest BCUT2D eigenvalue weighted by Gasteiger charge is -2.69. The predicted octanol–water partition coefficient (Wildman–Crippen LogP) is 5.29. The Bertz CT molecular complexity index is 1240. The number of ether oxygens (including phenoxy) is 1. The molecule has 0 radical (unpaired) electrons. The molecule has 39 heavy (non-hydrogen) atoms. The average molecular weight is 537 g/mol. The van der Waals surface area contributed by atoms with Crippen molar-refractivity contribution in [1.29, 1.82) is 5.26 Å². The molecule has 5 rings (SSSR count). The zero-order chi connectivity index (χ0) is 28.8. The summed E-state index contributed by atoms with van der Waals surface area (Å²) in [6.45, 7) is 12.6. The Kier molecular flexibility index (Phi) is 6.14. The fourth-order valence-electron chi connectivity index (χ4n) is 10.1. The second-order valence-corrected chi connectivity index (χ2v) is 14.9. The number of alkyl carbamates (subject to hydrolysis) is 1. The first-order chi connectivity index (χ1) is 18.1. The van der Waals surface area contributed by atoms with Crippen LogP contribution in [0.2, 0.25) is 0 Å². The number of hydrogen-bond acceptors (Lipinski definition) is 6. The molecule has 2 N–H and O–H groups in total. The molecule has 0 saturated heterocycles. The molecule has 2 unspecified atom stereocenters. The first-order valence-electron chi connectivity index (χ1n) is 14.5. The van der Waals surface area contributed by atoms with E-state index < -0.39 is 22.5 Å². The van der Waals surface area contributed by atoms with Crippen molar-refractivity contribution in [1.82, 2.24) is 5.32 Å². The second kappa shape index (κ2) is 8.52. The lowest BCUT2D eigenvalue weighted by Crippen LogP contribution is -2.69. The van der Waals surface area contributed by atoms with Crippen LogP contribution in [0.4, 0.5) is 4.79 Å². The van der Waals surface area contributed by atoms with E-state index in [2.05, 4.69) is 46.0 Å². The number of carbonyl (C=O) groups excluding carboxylic acids is 3. The number of nitrogens with one attached hydrogen (secondary N) is 1. The van der Waals surface area contributed by atoms with Gasteiger partial charge in [-0.2, -0.15) is 5.26 Å². The van der Waals surface area contributed by atoms with Crippen LogP contribution in [-0.2, 0) is 14.3 Å². The largest absolute Gasteiger partial charge is 0.453 e. The van der Waals surface area contributed by atoms with Crippen LogP contribution in [0.25, 0.3) is 0 Å². The molecule has 0 spiro atoms. The zero-order valence-corrected chi connectivity index (χ0v) is 24.6. The van der Waals surface area contributed by atoms with Gasteiger partial charge in [-0.15, -0.1) is 0 Å². The van der Waals surface area contributed by atoms with Crippen molar-refractivity contribution in [3.63, 3.8) is 0 Å². The number of amides is 1. The van der Waals surface area contributed by atoms with Gasteiger partial charge < -0.3 is 15.2 Å². The molecule has 0 bridgehead atoms. The van der Waals surface area contributed by atoms with Crippen LogP contribution < -0.4 is 5.32 Å². The molecular weight excluding hydrogens is 492 g/mol. The topological polar surface area (TPSA) is 116 Å². The maximum absolute atomic E-state index is 14.4. The van der Waals surface area contributed by atoms with Gasteiger partial charge in [-0.05, 0) is 86.0 Å². The number of Topliss-reactive ketones (excluding diaryl/α,β-unsaturated/α-hetero) is 1. The zero-order valence-electron chi connectivity index (χ0n) is 24.6. The number of fused-ring (bicyclic) bond motifs is 7. The van der Waals surface area contributed by atoms with Gasteiger partial charge in [0.15, 0.2) is 11.6 Å². The fourth-order valence-corrected chi connectivity index (χ4v) is 10.1. The van der Waals surface area contributed by atoms with Crippen LogP contribution >= 0.6 is 0 Å². The van der Waals surface area contributed by atoms with Crippen molar-refractivity contribution in [2.45, 2.75) is 92.0 Å². The number of carbonyl (C=O) groups is 3. The molecule has 7 heteroatoms. The van der Waals surface area contributed by atoms with E-state index in [1.54, 1.807) is 13.0 Å². The molecule has 3 saturated carbocycles. The summed E-state index contributed by atoms with van der Waals surface area (Å²) in [6.07, 6.45) is 8.91. The molecule has 0 aromatic rings. The van der Waals surface area contributed by atoms with Gasteiger partial charge in [0.1, 0.15) is 6.07 Å². The Labute approximate surface area is 232 Å². The summed E-state index contributed by atoms with van der Waals surface area (Å²) in [4.78, 5) is 40.3. The summed E-state index contributed by atoms with van der Waals surface area (Å²) in [5.41, 5.74) is -1.83. The minimum Gasteiger partial charge on any atom is -0.453 e. The minimum atomic E-state index is -1.07. The molecular formula is C32H44N2O5. The van der Waals surface area contributed by atoms with Gasteiger partial charge in [-0.25, -0.2) is 4.79 Å². The Balaban J connectivity index is 1.68. The summed E-state index contributed by atoms with van der Waals surface area (Å²) in [5.74, 6) is -0.700. The van der Waals surface area contributed by atoms with Crippen LogP contribution in [-0.4, -0.2) is 42.0 Å². The van der Waals surface area contributed by atoms with Gasteiger partial charge in [0.2, 0.25) is 0 Å². The molecule has 212 valence electrons. The van der Waals surface area contributed by atoms with E-state index in [-0.39, 0.29) is 57.7 Å². The van der Waals surface area contributed by atoms with E-state index in [0.717, 1.165) is 50.5 Å². The van der Waals surface area contributed by atoms with Crippen LogP contribution in [0.3, 0.4) is 0 Å². The van der Waals surface area contributed by atoms with Crippen molar-refractivity contribution >= 4 is 17.7 Å². The maximum atomic E-state index is 14.4. The molecule has 5 aliphatic rings. The second-order valence-electron chi connectivity index (χ2n) is 14.9. The number of rotatable bonds is 2. The number of allylic oxidation sites excluding steroid dienone is 4. The van der Waals surface area contributed by atoms with Gasteiger partial charge in [-0.1, -0.05) is 46.3 Å². The third kappa shape index (κ3) is 3.52. The molecule has 7 nitrogen and oxygen atoms in total. The van der Waals surface area contributed by atoms with Crippen molar-refractivity contribution in [3.05, 3.63) is 23.3 Å². The number of ketones is 2. The number of aliphatic hydroxyl groups is 1. The van der Waals surface area contributed by atoms with E-state index in [0.29, 0.717) is 0 Å². The monoisotopic (exact) mass is 536 g/mol. The average Bonchev–Trinajstić information content (AvgIpc) is 2.88. The van der Waals surface area contributed by atoms with Crippen molar-refractivity contribution in [2.75, 3.05) is 13.7 Å². The molecule has 0 heterocycles. The van der Waals surface area contributed by atoms with E-state index >= 15 is 0 Å². The predicted molar refractivity (Wildman–Crippen MR) is 146 cm³/mol. The summed E-state index contributed by atoms with van der Waals surface area (Å²) in [5, 5.41) is 23.6. The van der Waals surface area contributed by atoms with Crippen LogP contribution in [0, 0.1) is 56.2 Å². The van der Waals surface area contributed by atoms with Crippen molar-refractivity contribution in [3.8, 4) is 6.07 Å². The Morgan fingerprint density at radius 1 is 1.10 bits per heavy atom. The van der Waals surface area contributed by atoms with E-state index in [9.17, 15) is 24.8 Å². The molecule has 0 aromatic heterocycles. The van der Waals surface area contributed by atoms with Crippen molar-refractivity contribution in [2.24, 2.45) is 44.8 Å². The lowest BCUT2D eigenvalue weighted by atomic mass is 9.35. The summed E-state index contributed by atoms with van der Waals surface area (Å²) >= 11 is 0. The number of nitriles is 1. The third-order valence-corrected chi connectivity index (χ3v) is 12.6. The number of methoxy groups -OCH3 is 1. The standard InChI is InChI=1S/C32H44N2O5/c1-27(2)10-12-32(34-26(38)39-7)13-11-31(6)24(20(32)16-27)21(36)14-23-28(3)15-19(17-33)25(37)29(4,18-35)22(28)8-9-30(23,31)5/h14-15,20,22,24,35H,8-13,16,18H2,1-7H3,(H,34,38)/t20-,22?,24?,28+,29+,30-,31-,32+/m1/s1. The van der Waals surface area contributed by atoms with E-state index in [1.165, 1.54) is 7.11 Å². The van der Waals surface area contributed by atoms with E-state index in [4.69, 9.17) is 4.74 Å². The summed E-state index contributed by atoms with van der Waals surface area (Å²) in [6, 6.07) is 2.10. The van der Waals surface area contributed by atoms with Gasteiger partial charge in [-0.3, -0.25) is 9.59 Å². The normalized spacial score (nSPS) is 46.3. The first kappa shape index (κ1) is 28.1. The smallest absolute Gasteiger partial charge is 0.407 e. The molecule has 0 aromatic carbocycles. The summed E-state index contributed by atoms with van der Waals surface area (Å²) in [7, 11) is 1.39. The quantitative estimate of drug-likeness (QED) is 0.496. The SMILES string of the molecule is COC(=O)N[C@]12CCC(C)(C)C[C@@H]1C1C(=O)C=C3[C@@]4(C)C=C(C#N)C(=O)[C@@](C)(CO)C4CC[C@@]3(C)[C@]1(C)CC2. The third-order valence-electron chi connectivity index (χ3n) is 12.6. The van der Waals surface area contributed by atoms with Gasteiger partial charge in [0, 0.05) is 16.9 Å². The van der Waals surface area contributed by atoms with E-state index in [1.807, 2.05) is 6.08 Å². The van der Waals surface area contributed by atoms with Gasteiger partial charge in [0.05, 0.1) is 24.7 Å². The Morgan fingerprint density at radius 2 is 1.77 bits per heavy atom. The van der Waals surface area contributed by atoms with Crippen LogP contribution in [0.5, 0.6) is 0 Å². The van der Waals surface area contributed by atoms with Crippen LogP contribution in [0.1, 0.15) is 86.5 Å². The molecule has 5 aliphatic carbocycles. The minimum absolute atomic E-state index is 0.0207. The highest BCUT2D eigenvalue weighted by molar-refractivity contribution is 6.05. The highest BCUT2D eigenvalue weighted by atomic mass is 16.5. The molecule has 1 amide bonds. The number of aliphatic hydroxyl groups excluding tert-OH is 1. The number of nitrogens with zero attached hydrogens (tertiary/aromatic N) is 1. The summed E-state index contributed by atoms with van der Waals surface area (Å²) < 4.78 is 5.05. The lowest BCUT2D eigenvalue weighted by molar-refractivity contribution is -0.162. The molecule has 8 atom stereocenters. The van der Waals surface area contributed by atoms with Gasteiger partial charge in [0.25, 0.3) is 0 Å². The first-order valence-corrected chi connectivity index (χ1v) is 14.5. The van der Waals surface area contributed by atoms with Gasteiger partial charge >= 0.3 is 6.09 Å². The Morgan fingerprint density at radius 3 is 2.38 bits per heavy atom. The highest BCUT2D eigenvalue weighted by Crippen LogP contribution is 2.73. The Hall–Kier alpha value is -2.46. The fraction of sp³-hybridized carbons (Fsp3) is 0.750. The maximum Gasteiger partial charge on any atom is 0.407 e. The number of hydrogen-bond donors (Lipinski definition) is 2. The highest BCUT2D eigenvalue weighted by Gasteiger charge is 2.70. The molecule has 3 fully saturated rings. The molecule has 0 aliphatic heterocycles. The van der Waals surface area contributed by atoms with Crippen LogP contribution in [0.15, 0.2) is 23.3 Å².